The number of nitrogens with zero attached hydrogens (tertiary/aromatic N) is 2. The van der Waals surface area contributed by atoms with Gasteiger partial charge in [-0.25, -0.2) is 4.79 Å². The van der Waals surface area contributed by atoms with Crippen molar-refractivity contribution < 1.29 is 9.53 Å². The van der Waals surface area contributed by atoms with Crippen LogP contribution >= 0.6 is 0 Å². The lowest BCUT2D eigenvalue weighted by Crippen LogP contribution is -2.19. The average molecular weight is 653 g/mol. The molecule has 0 atom stereocenters. The molecule has 0 radical (unpaired) electrons. The maximum atomic E-state index is 12.3. The van der Waals surface area contributed by atoms with Gasteiger partial charge in [-0.2, -0.15) is 0 Å². The summed E-state index contributed by atoms with van der Waals surface area (Å²) in [7, 11) is 1.41. The molecule has 0 aromatic carbocycles. The van der Waals surface area contributed by atoms with Crippen LogP contribution in [0.4, 0.5) is 0 Å². The Labute approximate surface area is 289 Å². The topological polar surface area (TPSA) is 82.6 Å². The molecular weight excluding hydrogens is 592 g/mol. The molecule has 0 unspecified atom stereocenters. The van der Waals surface area contributed by atoms with Crippen LogP contribution in [-0.4, -0.2) is 34.5 Å². The summed E-state index contributed by atoms with van der Waals surface area (Å²) in [5.41, 5.74) is 11.9. The fraction of sp³-hybridized carbons (Fsp3) is 0.500. The van der Waals surface area contributed by atoms with E-state index in [2.05, 4.69) is 83.2 Å². The number of fused-ring (bicyclic) bond motifs is 4. The van der Waals surface area contributed by atoms with E-state index in [9.17, 15) is 4.79 Å². The number of esters is 1. The second kappa shape index (κ2) is 19.8. The van der Waals surface area contributed by atoms with Gasteiger partial charge in [0.2, 0.25) is 0 Å². The third-order valence-corrected chi connectivity index (χ3v) is 9.23. The molecule has 2 N–H and O–H groups in total. The Morgan fingerprint density at radius 1 is 0.812 bits per heavy atom. The summed E-state index contributed by atoms with van der Waals surface area (Å²) >= 11 is 0. The number of rotatable bonds is 15. The van der Waals surface area contributed by atoms with E-state index in [4.69, 9.17) is 14.7 Å². The van der Waals surface area contributed by atoms with E-state index in [1.165, 1.54) is 35.3 Å². The first kappa shape index (κ1) is 38.5. The summed E-state index contributed by atoms with van der Waals surface area (Å²) in [6.45, 7) is 19.5. The van der Waals surface area contributed by atoms with E-state index in [1.807, 2.05) is 12.2 Å². The molecule has 48 heavy (non-hydrogen) atoms. The number of aromatic amines is 2. The number of carbonyl (C=O) groups is 1. The van der Waals surface area contributed by atoms with Crippen molar-refractivity contribution in [1.29, 1.82) is 0 Å². The zero-order valence-electron chi connectivity index (χ0n) is 31.1. The maximum Gasteiger partial charge on any atom is 0.330 e. The Balaban J connectivity index is 2.52. The zero-order valence-corrected chi connectivity index (χ0v) is 31.1. The fourth-order valence-electron chi connectivity index (χ4n) is 6.34. The summed E-state index contributed by atoms with van der Waals surface area (Å²) in [5.74, 6) is -0.378. The van der Waals surface area contributed by atoms with Gasteiger partial charge in [0.05, 0.1) is 12.8 Å². The van der Waals surface area contributed by atoms with Crippen LogP contribution in [0.2, 0.25) is 0 Å². The molecule has 0 spiro atoms. The smallest absolute Gasteiger partial charge is 0.330 e. The van der Waals surface area contributed by atoms with E-state index >= 15 is 0 Å². The Hall–Kier alpha value is -3.93. The first-order chi connectivity index (χ1) is 23.2. The van der Waals surface area contributed by atoms with E-state index in [0.29, 0.717) is 0 Å². The van der Waals surface area contributed by atoms with Gasteiger partial charge in [-0.3, -0.25) is 9.98 Å². The summed E-state index contributed by atoms with van der Waals surface area (Å²) in [6, 6.07) is 6.65. The lowest BCUT2D eigenvalue weighted by atomic mass is 9.99. The molecule has 0 aliphatic carbocycles. The number of allylic oxidation sites excluding steroid dienone is 5. The van der Waals surface area contributed by atoms with Gasteiger partial charge in [0.1, 0.15) is 0 Å². The highest BCUT2D eigenvalue weighted by Crippen LogP contribution is 2.34. The minimum absolute atomic E-state index is 0.378. The number of nitrogens with one attached hydrogen (secondary N) is 2. The number of H-pyrrole nitrogens is 2. The van der Waals surface area contributed by atoms with Gasteiger partial charge in [0.25, 0.3) is 0 Å². The van der Waals surface area contributed by atoms with Crippen LogP contribution in [0.1, 0.15) is 149 Å². The number of ether oxygens (including phenoxy) is 1. The third-order valence-electron chi connectivity index (χ3n) is 9.23. The highest BCUT2D eigenvalue weighted by molar-refractivity contribution is 6.17. The first-order valence-electron chi connectivity index (χ1n) is 18.3. The highest BCUT2D eigenvalue weighted by Gasteiger charge is 2.18. The number of unbranched alkanes of at least 4 members (excludes halogenated alkanes) is 4. The largest absolute Gasteiger partial charge is 0.466 e. The predicted octanol–water partition coefficient (Wildman–Crippen LogP) is 10.2. The van der Waals surface area contributed by atoms with Crippen molar-refractivity contribution >= 4 is 45.8 Å². The molecule has 0 fully saturated rings. The number of hydrogen-bond donors (Lipinski definition) is 2. The summed E-state index contributed by atoms with van der Waals surface area (Å²) in [6.07, 6.45) is 18.4. The predicted molar refractivity (Wildman–Crippen MR) is 207 cm³/mol. The molecular formula is C42H60N4O2. The molecule has 1 aliphatic rings. The molecule has 6 heteroatoms. The van der Waals surface area contributed by atoms with Gasteiger partial charge in [0, 0.05) is 57.3 Å². The minimum atomic E-state index is -0.378. The van der Waals surface area contributed by atoms with Crippen LogP contribution in [0.5, 0.6) is 0 Å². The lowest BCUT2D eigenvalue weighted by Gasteiger charge is -2.13. The minimum Gasteiger partial charge on any atom is -0.466 e. The molecule has 1 aliphatic heterocycles. The number of hydrogen-bond acceptors (Lipinski definition) is 4. The monoisotopic (exact) mass is 652 g/mol. The van der Waals surface area contributed by atoms with Gasteiger partial charge in [-0.15, -0.1) is 0 Å². The van der Waals surface area contributed by atoms with Crippen molar-refractivity contribution in [2.75, 3.05) is 7.11 Å². The summed E-state index contributed by atoms with van der Waals surface area (Å²) in [4.78, 5) is 30.5. The van der Waals surface area contributed by atoms with E-state index in [-0.39, 0.29) is 5.97 Å². The van der Waals surface area contributed by atoms with Crippen molar-refractivity contribution in [3.8, 4) is 0 Å². The van der Waals surface area contributed by atoms with Gasteiger partial charge < -0.3 is 14.7 Å². The Kier molecular flexibility index (Phi) is 15.9. The van der Waals surface area contributed by atoms with E-state index in [0.717, 1.165) is 134 Å². The van der Waals surface area contributed by atoms with Crippen molar-refractivity contribution in [2.24, 2.45) is 9.98 Å². The lowest BCUT2D eigenvalue weighted by molar-refractivity contribution is -0.134. The SMILES string of the molecule is C=CC1=N/C(C)=C(/CCCC)c2cc(/C=C/C(=O)OC)c([nH]2)\C(CCCC)=C(C)/N=C(C)/C(CCCC)=c2/cc/c([nH]2)=C(\CCCC)C1. The van der Waals surface area contributed by atoms with Crippen LogP contribution < -0.4 is 10.7 Å². The van der Waals surface area contributed by atoms with E-state index < -0.39 is 0 Å². The summed E-state index contributed by atoms with van der Waals surface area (Å²) in [5, 5.41) is 2.32. The normalized spacial score (nSPS) is 21.2. The zero-order chi connectivity index (χ0) is 35.1. The van der Waals surface area contributed by atoms with Crippen LogP contribution in [0.15, 0.2) is 58.3 Å². The van der Waals surface area contributed by atoms with Gasteiger partial charge in [0.15, 0.2) is 0 Å². The number of carbonyl (C=O) groups excluding carboxylic acids is 1. The Morgan fingerprint density at radius 2 is 1.40 bits per heavy atom. The van der Waals surface area contributed by atoms with Crippen molar-refractivity contribution in [2.45, 2.75) is 132 Å². The molecule has 0 saturated heterocycles. The molecule has 2 aromatic rings. The number of methoxy groups -OCH3 is 1. The first-order valence-corrected chi connectivity index (χ1v) is 18.3. The maximum absolute atomic E-state index is 12.3. The van der Waals surface area contributed by atoms with Crippen LogP contribution in [0, 0.1) is 0 Å². The Bertz CT molecular complexity index is 1690. The Morgan fingerprint density at radius 3 is 2.02 bits per heavy atom. The summed E-state index contributed by atoms with van der Waals surface area (Å²) < 4.78 is 4.97. The third kappa shape index (κ3) is 10.5. The fourth-order valence-corrected chi connectivity index (χ4v) is 6.34. The second-order valence-corrected chi connectivity index (χ2v) is 13.0. The molecule has 3 rings (SSSR count). The molecule has 3 heterocycles. The molecule has 6 nitrogen and oxygen atoms in total. The van der Waals surface area contributed by atoms with Gasteiger partial charge in [-0.05, 0) is 125 Å². The van der Waals surface area contributed by atoms with Crippen molar-refractivity contribution in [1.82, 2.24) is 9.97 Å². The quantitative estimate of drug-likeness (QED) is 0.148. The standard InChI is InChI=1S/C42H60N4O2/c1-10-15-19-32-27-34(14-5)44-30(7)36(21-17-12-3)40-28-33(23-26-41(47)48-9)42(46-40)37(22-18-13-4)31(8)43-29(6)35(20-16-11-2)39-25-24-38(32)45-39/h14,23-26,28,45-46H,5,10-13,15-22,27H2,1-4,6-9H3/b26-23+,36-30-,37-31-,38-32-,39-35-,43-29+,44-34?. The molecule has 260 valence electrons. The highest BCUT2D eigenvalue weighted by atomic mass is 16.5. The number of aliphatic imine (C=N–C) groups is 2. The van der Waals surface area contributed by atoms with Gasteiger partial charge >= 0.3 is 5.97 Å². The molecule has 0 amide bonds. The molecule has 0 saturated carbocycles. The van der Waals surface area contributed by atoms with Crippen molar-refractivity contribution in [3.63, 3.8) is 0 Å². The van der Waals surface area contributed by atoms with Crippen LogP contribution in [-0.2, 0) is 9.53 Å². The molecule has 4 bridgehead atoms. The van der Waals surface area contributed by atoms with E-state index in [1.54, 1.807) is 0 Å². The van der Waals surface area contributed by atoms with Gasteiger partial charge in [-0.1, -0.05) is 60.0 Å². The van der Waals surface area contributed by atoms with Crippen LogP contribution in [0.3, 0.4) is 0 Å². The number of aromatic nitrogens is 2. The molecule has 2 aromatic heterocycles. The van der Waals surface area contributed by atoms with Crippen LogP contribution in [0.25, 0.3) is 28.4 Å². The average Bonchev–Trinajstić information content (AvgIpc) is 3.73. The second-order valence-electron chi connectivity index (χ2n) is 13.0. The van der Waals surface area contributed by atoms with Crippen molar-refractivity contribution in [3.05, 3.63) is 76.0 Å².